The lowest BCUT2D eigenvalue weighted by atomic mass is 9.97. The highest BCUT2D eigenvalue weighted by Crippen LogP contribution is 2.39. The number of rotatable bonds is 7. The van der Waals surface area contributed by atoms with E-state index in [2.05, 4.69) is 9.97 Å². The normalized spacial score (nSPS) is 15.4. The Morgan fingerprint density at radius 3 is 3.08 bits per heavy atom. The first-order chi connectivity index (χ1) is 12.3. The van der Waals surface area contributed by atoms with Crippen molar-refractivity contribution in [3.8, 4) is 0 Å². The maximum atomic E-state index is 10.2. The van der Waals surface area contributed by atoms with Crippen LogP contribution in [0.5, 0.6) is 0 Å². The number of aliphatic hydroxyl groups excluding tert-OH is 1. The average Bonchev–Trinajstić information content (AvgIpc) is 3.27. The van der Waals surface area contributed by atoms with Gasteiger partial charge >= 0.3 is 0 Å². The standard InChI is InChI=1S/C18H20N2O2S3/c21-12(8-22-9-13-4-3-7-23-13)10-24-17-16-14-5-1-2-6-15(14)25-18(16)20-11-19-17/h3-4,7,11-12,21H,1-2,5-6,8-10H2/t12-/m0/s1. The van der Waals surface area contributed by atoms with Crippen LogP contribution in [0.2, 0.25) is 0 Å². The molecule has 0 amide bonds. The molecule has 3 aromatic heterocycles. The fourth-order valence-electron chi connectivity index (χ4n) is 3.08. The topological polar surface area (TPSA) is 55.2 Å². The quantitative estimate of drug-likeness (QED) is 0.480. The van der Waals surface area contributed by atoms with E-state index in [-0.39, 0.29) is 0 Å². The molecule has 0 spiro atoms. The third kappa shape index (κ3) is 4.06. The van der Waals surface area contributed by atoms with E-state index < -0.39 is 6.10 Å². The van der Waals surface area contributed by atoms with Crippen LogP contribution in [-0.4, -0.2) is 33.5 Å². The maximum Gasteiger partial charge on any atom is 0.128 e. The minimum atomic E-state index is -0.496. The number of thioether (sulfide) groups is 1. The fraction of sp³-hybridized carbons (Fsp3) is 0.444. The summed E-state index contributed by atoms with van der Waals surface area (Å²) in [5.41, 5.74) is 1.44. The smallest absolute Gasteiger partial charge is 0.128 e. The molecule has 0 radical (unpaired) electrons. The molecule has 132 valence electrons. The van der Waals surface area contributed by atoms with Crippen molar-refractivity contribution in [3.05, 3.63) is 39.2 Å². The first-order valence-electron chi connectivity index (χ1n) is 8.47. The molecule has 0 bridgehead atoms. The van der Waals surface area contributed by atoms with Crippen molar-refractivity contribution in [2.24, 2.45) is 0 Å². The van der Waals surface area contributed by atoms with Crippen LogP contribution in [0.3, 0.4) is 0 Å². The lowest BCUT2D eigenvalue weighted by Crippen LogP contribution is -2.17. The Morgan fingerprint density at radius 1 is 1.28 bits per heavy atom. The Bertz CT molecular complexity index is 832. The Kier molecular flexibility index (Phi) is 5.67. The van der Waals surface area contributed by atoms with E-state index in [9.17, 15) is 5.11 Å². The van der Waals surface area contributed by atoms with E-state index in [1.54, 1.807) is 29.4 Å². The number of ether oxygens (including phenoxy) is 1. The number of thiophene rings is 2. The molecule has 1 N–H and O–H groups in total. The van der Waals surface area contributed by atoms with Crippen LogP contribution in [0.1, 0.15) is 28.2 Å². The van der Waals surface area contributed by atoms with Crippen molar-refractivity contribution >= 4 is 44.7 Å². The van der Waals surface area contributed by atoms with Gasteiger partial charge in [0.15, 0.2) is 0 Å². The second-order valence-electron chi connectivity index (χ2n) is 6.13. The first kappa shape index (κ1) is 17.4. The summed E-state index contributed by atoms with van der Waals surface area (Å²) in [5.74, 6) is 0.584. The number of aryl methyl sites for hydroxylation is 2. The monoisotopic (exact) mass is 392 g/mol. The molecule has 0 aliphatic heterocycles. The molecule has 0 unspecified atom stereocenters. The zero-order chi connectivity index (χ0) is 17.1. The summed E-state index contributed by atoms with van der Waals surface area (Å²) >= 11 is 5.09. The highest BCUT2D eigenvalue weighted by atomic mass is 32.2. The summed E-state index contributed by atoms with van der Waals surface area (Å²) in [4.78, 5) is 12.7. The highest BCUT2D eigenvalue weighted by Gasteiger charge is 2.20. The molecule has 1 atom stereocenters. The SMILES string of the molecule is O[C@@H](COCc1cccs1)CSc1ncnc2sc3c(c12)CCCC3. The molecule has 25 heavy (non-hydrogen) atoms. The van der Waals surface area contributed by atoms with Crippen LogP contribution in [0, 0.1) is 0 Å². The fourth-order valence-corrected chi connectivity index (χ4v) is 5.95. The van der Waals surface area contributed by atoms with E-state index in [0.717, 1.165) is 16.3 Å². The summed E-state index contributed by atoms with van der Waals surface area (Å²) < 4.78 is 5.61. The Morgan fingerprint density at radius 2 is 2.20 bits per heavy atom. The number of aliphatic hydroxyl groups is 1. The molecular weight excluding hydrogens is 372 g/mol. The van der Waals surface area contributed by atoms with Gasteiger partial charge in [-0.15, -0.1) is 34.4 Å². The molecule has 4 rings (SSSR count). The van der Waals surface area contributed by atoms with Crippen molar-refractivity contribution in [1.29, 1.82) is 0 Å². The van der Waals surface area contributed by atoms with Gasteiger partial charge in [-0.1, -0.05) is 6.07 Å². The van der Waals surface area contributed by atoms with Crippen molar-refractivity contribution in [1.82, 2.24) is 9.97 Å². The van der Waals surface area contributed by atoms with Crippen molar-refractivity contribution in [2.75, 3.05) is 12.4 Å². The third-order valence-electron chi connectivity index (χ3n) is 4.26. The molecule has 0 saturated heterocycles. The largest absolute Gasteiger partial charge is 0.390 e. The van der Waals surface area contributed by atoms with Crippen molar-refractivity contribution in [3.63, 3.8) is 0 Å². The molecule has 4 nitrogen and oxygen atoms in total. The third-order valence-corrected chi connectivity index (χ3v) is 7.45. The molecule has 0 fully saturated rings. The van der Waals surface area contributed by atoms with E-state index in [1.807, 2.05) is 28.8 Å². The summed E-state index contributed by atoms with van der Waals surface area (Å²) in [6, 6.07) is 4.06. The summed E-state index contributed by atoms with van der Waals surface area (Å²) in [7, 11) is 0. The van der Waals surface area contributed by atoms with Gasteiger partial charge in [-0.3, -0.25) is 0 Å². The summed E-state index contributed by atoms with van der Waals surface area (Å²) in [6.07, 6.45) is 5.96. The second kappa shape index (κ2) is 8.14. The van der Waals surface area contributed by atoms with Crippen LogP contribution in [-0.2, 0) is 24.2 Å². The van der Waals surface area contributed by atoms with Crippen LogP contribution in [0.25, 0.3) is 10.2 Å². The summed E-state index contributed by atoms with van der Waals surface area (Å²) in [5, 5.41) is 14.5. The number of hydrogen-bond acceptors (Lipinski definition) is 7. The molecule has 1 aliphatic rings. The van der Waals surface area contributed by atoms with Gasteiger partial charge in [0.1, 0.15) is 16.2 Å². The Labute approximate surface area is 159 Å². The minimum absolute atomic E-state index is 0.348. The van der Waals surface area contributed by atoms with Crippen LogP contribution < -0.4 is 0 Å². The number of hydrogen-bond donors (Lipinski definition) is 1. The number of nitrogens with zero attached hydrogens (tertiary/aromatic N) is 2. The van der Waals surface area contributed by atoms with Gasteiger partial charge in [-0.2, -0.15) is 0 Å². The van der Waals surface area contributed by atoms with E-state index in [4.69, 9.17) is 4.74 Å². The maximum absolute atomic E-state index is 10.2. The minimum Gasteiger partial charge on any atom is -0.390 e. The first-order valence-corrected chi connectivity index (χ1v) is 11.2. The lowest BCUT2D eigenvalue weighted by molar-refractivity contribution is 0.0409. The molecule has 3 aromatic rings. The van der Waals surface area contributed by atoms with Gasteiger partial charge in [-0.25, -0.2) is 9.97 Å². The average molecular weight is 393 g/mol. The molecular formula is C18H20N2O2S3. The van der Waals surface area contributed by atoms with Gasteiger partial charge in [0, 0.05) is 20.9 Å². The molecule has 7 heteroatoms. The highest BCUT2D eigenvalue weighted by molar-refractivity contribution is 7.99. The van der Waals surface area contributed by atoms with E-state index in [1.165, 1.54) is 40.0 Å². The van der Waals surface area contributed by atoms with Crippen molar-refractivity contribution in [2.45, 2.75) is 43.4 Å². The predicted molar refractivity (Wildman–Crippen MR) is 105 cm³/mol. The Balaban J connectivity index is 1.38. The predicted octanol–water partition coefficient (Wildman–Crippen LogP) is 4.30. The summed E-state index contributed by atoms with van der Waals surface area (Å²) in [6.45, 7) is 0.913. The van der Waals surface area contributed by atoms with Gasteiger partial charge in [0.25, 0.3) is 0 Å². The molecule has 3 heterocycles. The van der Waals surface area contributed by atoms with Crippen LogP contribution in [0.15, 0.2) is 28.9 Å². The van der Waals surface area contributed by atoms with Gasteiger partial charge in [-0.05, 0) is 42.7 Å². The van der Waals surface area contributed by atoms with Crippen LogP contribution >= 0.6 is 34.4 Å². The molecule has 0 saturated carbocycles. The Hall–Kier alpha value is -0.990. The molecule has 1 aliphatic carbocycles. The van der Waals surface area contributed by atoms with Gasteiger partial charge < -0.3 is 9.84 Å². The molecule has 0 aromatic carbocycles. The van der Waals surface area contributed by atoms with Crippen molar-refractivity contribution < 1.29 is 9.84 Å². The lowest BCUT2D eigenvalue weighted by Gasteiger charge is -2.13. The van der Waals surface area contributed by atoms with E-state index in [0.29, 0.717) is 19.0 Å². The second-order valence-corrected chi connectivity index (χ2v) is 9.25. The van der Waals surface area contributed by atoms with Gasteiger partial charge in [0.05, 0.1) is 19.3 Å². The van der Waals surface area contributed by atoms with Crippen LogP contribution in [0.4, 0.5) is 0 Å². The number of aromatic nitrogens is 2. The zero-order valence-electron chi connectivity index (χ0n) is 13.8. The van der Waals surface area contributed by atoms with E-state index >= 15 is 0 Å². The van der Waals surface area contributed by atoms with Gasteiger partial charge in [0.2, 0.25) is 0 Å². The number of fused-ring (bicyclic) bond motifs is 3. The zero-order valence-corrected chi connectivity index (χ0v) is 16.3.